The van der Waals surface area contributed by atoms with Crippen LogP contribution in [0.15, 0.2) is 12.4 Å². The van der Waals surface area contributed by atoms with Gasteiger partial charge < -0.3 is 5.32 Å². The van der Waals surface area contributed by atoms with Crippen molar-refractivity contribution in [2.24, 2.45) is 7.05 Å². The fourth-order valence-electron chi connectivity index (χ4n) is 1.62. The summed E-state index contributed by atoms with van der Waals surface area (Å²) in [6.45, 7) is 5.84. The van der Waals surface area contributed by atoms with Crippen LogP contribution in [-0.2, 0) is 7.05 Å². The zero-order chi connectivity index (χ0) is 13.3. The molecule has 0 aliphatic carbocycles. The van der Waals surface area contributed by atoms with E-state index in [4.69, 9.17) is 11.6 Å². The van der Waals surface area contributed by atoms with Gasteiger partial charge in [-0.05, 0) is 20.8 Å². The lowest BCUT2D eigenvalue weighted by Crippen LogP contribution is -2.09. The predicted molar refractivity (Wildman–Crippen MR) is 71.8 cm³/mol. The predicted octanol–water partition coefficient (Wildman–Crippen LogP) is 2.65. The first-order valence-corrected chi connectivity index (χ1v) is 6.11. The topological polar surface area (TPSA) is 55.6 Å². The molecular weight excluding hydrogens is 250 g/mol. The van der Waals surface area contributed by atoms with Crippen molar-refractivity contribution < 1.29 is 0 Å². The van der Waals surface area contributed by atoms with E-state index in [-0.39, 0.29) is 6.04 Å². The first kappa shape index (κ1) is 12.8. The van der Waals surface area contributed by atoms with Gasteiger partial charge in [0.1, 0.15) is 0 Å². The number of halogens is 1. The summed E-state index contributed by atoms with van der Waals surface area (Å²) in [7, 11) is 1.89. The van der Waals surface area contributed by atoms with Gasteiger partial charge in [-0.25, -0.2) is 9.97 Å². The molecule has 0 radical (unpaired) electrons. The number of rotatable bonds is 3. The van der Waals surface area contributed by atoms with Crippen LogP contribution in [-0.4, -0.2) is 19.7 Å². The first-order chi connectivity index (χ1) is 8.47. The van der Waals surface area contributed by atoms with Crippen LogP contribution in [0.3, 0.4) is 0 Å². The molecule has 0 bridgehead atoms. The Kier molecular flexibility index (Phi) is 3.52. The maximum atomic E-state index is 6.08. The molecule has 0 spiro atoms. The summed E-state index contributed by atoms with van der Waals surface area (Å²) in [4.78, 5) is 8.66. The Bertz CT molecular complexity index is 564. The highest BCUT2D eigenvalue weighted by molar-refractivity contribution is 6.31. The second kappa shape index (κ2) is 4.94. The number of anilines is 1. The Hall–Kier alpha value is -1.62. The lowest BCUT2D eigenvalue weighted by Gasteiger charge is -2.14. The fraction of sp³-hybridized carbons (Fsp3) is 0.417. The van der Waals surface area contributed by atoms with Crippen molar-refractivity contribution in [1.29, 1.82) is 0 Å². The largest absolute Gasteiger partial charge is 0.361 e. The summed E-state index contributed by atoms with van der Waals surface area (Å²) in [5.41, 5.74) is 2.80. The number of nitrogens with zero attached hydrogens (tertiary/aromatic N) is 4. The maximum absolute atomic E-state index is 6.08. The van der Waals surface area contributed by atoms with Gasteiger partial charge in [0, 0.05) is 18.8 Å². The smallest absolute Gasteiger partial charge is 0.171 e. The van der Waals surface area contributed by atoms with E-state index in [0.29, 0.717) is 11.0 Å². The Morgan fingerprint density at radius 2 is 1.94 bits per heavy atom. The van der Waals surface area contributed by atoms with Gasteiger partial charge in [-0.15, -0.1) is 0 Å². The summed E-state index contributed by atoms with van der Waals surface area (Å²) < 4.78 is 1.77. The highest BCUT2D eigenvalue weighted by Gasteiger charge is 2.12. The number of hydrogen-bond acceptors (Lipinski definition) is 4. The van der Waals surface area contributed by atoms with Crippen molar-refractivity contribution in [3.8, 4) is 0 Å². The van der Waals surface area contributed by atoms with Crippen LogP contribution in [0.2, 0.25) is 5.15 Å². The molecule has 2 rings (SSSR count). The normalized spacial score (nSPS) is 12.5. The molecule has 0 aliphatic rings. The van der Waals surface area contributed by atoms with Crippen LogP contribution in [0, 0.1) is 13.8 Å². The summed E-state index contributed by atoms with van der Waals surface area (Å²) in [5, 5.41) is 7.79. The van der Waals surface area contributed by atoms with E-state index in [9.17, 15) is 0 Å². The fourth-order valence-corrected chi connectivity index (χ4v) is 1.84. The van der Waals surface area contributed by atoms with Crippen molar-refractivity contribution in [3.05, 3.63) is 34.5 Å². The number of nitrogens with one attached hydrogen (secondary N) is 1. The van der Waals surface area contributed by atoms with Crippen LogP contribution in [0.25, 0.3) is 0 Å². The molecule has 2 heterocycles. The van der Waals surface area contributed by atoms with E-state index in [1.54, 1.807) is 4.68 Å². The van der Waals surface area contributed by atoms with Crippen LogP contribution in [0.1, 0.15) is 29.9 Å². The van der Waals surface area contributed by atoms with Crippen molar-refractivity contribution in [3.63, 3.8) is 0 Å². The van der Waals surface area contributed by atoms with Gasteiger partial charge in [0.15, 0.2) is 11.0 Å². The number of aromatic nitrogens is 4. The standard InChI is InChI=1S/C12H16ClN5/c1-7-8(2)16-12(11(13)15-7)17-9(3)10-5-14-18(4)6-10/h5-6,9H,1-4H3,(H,16,17). The quantitative estimate of drug-likeness (QED) is 0.927. The van der Waals surface area contributed by atoms with Crippen molar-refractivity contribution in [2.45, 2.75) is 26.8 Å². The maximum Gasteiger partial charge on any atom is 0.171 e. The Morgan fingerprint density at radius 3 is 2.56 bits per heavy atom. The molecule has 1 unspecified atom stereocenters. The summed E-state index contributed by atoms with van der Waals surface area (Å²) >= 11 is 6.08. The van der Waals surface area contributed by atoms with E-state index in [0.717, 1.165) is 17.0 Å². The highest BCUT2D eigenvalue weighted by atomic mass is 35.5. The number of aryl methyl sites for hydroxylation is 3. The van der Waals surface area contributed by atoms with E-state index < -0.39 is 0 Å². The summed E-state index contributed by atoms with van der Waals surface area (Å²) in [6, 6.07) is 0.0765. The highest BCUT2D eigenvalue weighted by Crippen LogP contribution is 2.23. The molecule has 6 heteroatoms. The van der Waals surface area contributed by atoms with E-state index in [2.05, 4.69) is 20.4 Å². The molecule has 0 saturated heterocycles. The van der Waals surface area contributed by atoms with E-state index in [1.165, 1.54) is 0 Å². The van der Waals surface area contributed by atoms with Gasteiger partial charge in [-0.1, -0.05) is 11.6 Å². The molecule has 5 nitrogen and oxygen atoms in total. The molecule has 18 heavy (non-hydrogen) atoms. The Balaban J connectivity index is 2.21. The molecule has 2 aromatic heterocycles. The van der Waals surface area contributed by atoms with Gasteiger partial charge in [0.2, 0.25) is 0 Å². The SMILES string of the molecule is Cc1nc(Cl)c(NC(C)c2cnn(C)c2)nc1C. The zero-order valence-corrected chi connectivity index (χ0v) is 11.7. The average molecular weight is 266 g/mol. The molecule has 1 N–H and O–H groups in total. The molecule has 0 fully saturated rings. The van der Waals surface area contributed by atoms with Crippen molar-refractivity contribution in [2.75, 3.05) is 5.32 Å². The third-order valence-corrected chi connectivity index (χ3v) is 3.11. The third kappa shape index (κ3) is 2.61. The lowest BCUT2D eigenvalue weighted by atomic mass is 10.2. The molecule has 2 aromatic rings. The summed E-state index contributed by atoms with van der Waals surface area (Å²) in [6.07, 6.45) is 3.78. The molecule has 96 valence electrons. The zero-order valence-electron chi connectivity index (χ0n) is 10.9. The van der Waals surface area contributed by atoms with E-state index >= 15 is 0 Å². The second-order valence-electron chi connectivity index (χ2n) is 4.35. The Labute approximate surface area is 111 Å². The van der Waals surface area contributed by atoms with Gasteiger partial charge in [0.05, 0.1) is 23.6 Å². The molecular formula is C12H16ClN5. The monoisotopic (exact) mass is 265 g/mol. The van der Waals surface area contributed by atoms with Gasteiger partial charge in [-0.2, -0.15) is 5.10 Å². The molecule has 0 saturated carbocycles. The third-order valence-electron chi connectivity index (χ3n) is 2.84. The van der Waals surface area contributed by atoms with Crippen LogP contribution in [0.5, 0.6) is 0 Å². The van der Waals surface area contributed by atoms with Gasteiger partial charge in [0.25, 0.3) is 0 Å². The molecule has 0 aliphatic heterocycles. The number of hydrogen-bond donors (Lipinski definition) is 1. The Morgan fingerprint density at radius 1 is 1.28 bits per heavy atom. The van der Waals surface area contributed by atoms with Crippen LogP contribution < -0.4 is 5.32 Å². The molecule has 0 amide bonds. The van der Waals surface area contributed by atoms with Crippen LogP contribution in [0.4, 0.5) is 5.82 Å². The minimum atomic E-state index is 0.0765. The molecule has 1 atom stereocenters. The second-order valence-corrected chi connectivity index (χ2v) is 4.71. The van der Waals surface area contributed by atoms with E-state index in [1.807, 2.05) is 40.2 Å². The summed E-state index contributed by atoms with van der Waals surface area (Å²) in [5.74, 6) is 0.608. The van der Waals surface area contributed by atoms with Gasteiger partial charge >= 0.3 is 0 Å². The minimum absolute atomic E-state index is 0.0765. The molecule has 0 aromatic carbocycles. The minimum Gasteiger partial charge on any atom is -0.361 e. The van der Waals surface area contributed by atoms with Crippen molar-refractivity contribution >= 4 is 17.4 Å². The first-order valence-electron chi connectivity index (χ1n) is 5.73. The van der Waals surface area contributed by atoms with Gasteiger partial charge in [-0.3, -0.25) is 4.68 Å². The van der Waals surface area contributed by atoms with Crippen LogP contribution >= 0.6 is 11.6 Å². The van der Waals surface area contributed by atoms with Crippen molar-refractivity contribution in [1.82, 2.24) is 19.7 Å². The average Bonchev–Trinajstić information content (AvgIpc) is 2.73. The lowest BCUT2D eigenvalue weighted by molar-refractivity contribution is 0.765.